The zero-order chi connectivity index (χ0) is 15.4. The van der Waals surface area contributed by atoms with Gasteiger partial charge in [0.05, 0.1) is 26.5 Å². The smallest absolute Gasteiger partial charge is 0.211 e. The Morgan fingerprint density at radius 1 is 1.19 bits per heavy atom. The summed E-state index contributed by atoms with van der Waals surface area (Å²) >= 11 is 0. The first-order valence-corrected chi connectivity index (χ1v) is 6.98. The number of nitrogens with zero attached hydrogens (tertiary/aromatic N) is 1. The number of nitrogens with two attached hydrogens (primary N) is 1. The molecule has 0 saturated carbocycles. The molecule has 114 valence electrons. The first-order chi connectivity index (χ1) is 10.0. The largest absolute Gasteiger partial charge is 0.493 e. The maximum absolute atomic E-state index is 6.09. The third-order valence-electron chi connectivity index (χ3n) is 3.23. The zero-order valence-electron chi connectivity index (χ0n) is 12.9. The first-order valence-electron chi connectivity index (χ1n) is 6.98. The molecule has 5 nitrogen and oxygen atoms in total. The van der Waals surface area contributed by atoms with Crippen molar-refractivity contribution in [2.45, 2.75) is 26.3 Å². The van der Waals surface area contributed by atoms with Crippen molar-refractivity contribution in [3.05, 3.63) is 30.3 Å². The van der Waals surface area contributed by atoms with Crippen LogP contribution in [0.2, 0.25) is 0 Å². The second-order valence-electron chi connectivity index (χ2n) is 5.37. The molecule has 0 aliphatic carbocycles. The molecule has 0 fully saturated rings. The molecule has 0 aliphatic rings. The average molecular weight is 290 g/mol. The van der Waals surface area contributed by atoms with E-state index in [9.17, 15) is 0 Å². The lowest BCUT2D eigenvalue weighted by Crippen LogP contribution is -2.13. The van der Waals surface area contributed by atoms with Crippen molar-refractivity contribution in [1.82, 2.24) is 4.98 Å². The van der Waals surface area contributed by atoms with Crippen LogP contribution in [-0.4, -0.2) is 19.2 Å². The molecule has 0 saturated heterocycles. The van der Waals surface area contributed by atoms with Crippen LogP contribution >= 0.6 is 0 Å². The Labute approximate surface area is 125 Å². The van der Waals surface area contributed by atoms with Crippen LogP contribution in [0.3, 0.4) is 0 Å². The molecule has 0 amide bonds. The molecule has 2 N–H and O–H groups in total. The van der Waals surface area contributed by atoms with Gasteiger partial charge in [0.1, 0.15) is 0 Å². The summed E-state index contributed by atoms with van der Waals surface area (Å²) in [6.07, 6.45) is 2.53. The number of benzene rings is 1. The zero-order valence-corrected chi connectivity index (χ0v) is 12.9. The standard InChI is InChI=1S/C16H22N2O3/c1-10(2)7-12(17)16-18-9-15(21-16)11-5-6-13(19-3)14(8-11)20-4/h5-6,8-10,12H,7,17H2,1-4H3. The highest BCUT2D eigenvalue weighted by atomic mass is 16.5. The number of ether oxygens (including phenoxy) is 2. The maximum Gasteiger partial charge on any atom is 0.211 e. The van der Waals surface area contributed by atoms with Crippen molar-refractivity contribution in [3.63, 3.8) is 0 Å². The van der Waals surface area contributed by atoms with Gasteiger partial charge in [-0.25, -0.2) is 4.98 Å². The Hall–Kier alpha value is -2.01. The summed E-state index contributed by atoms with van der Waals surface area (Å²) < 4.78 is 16.3. The number of rotatable bonds is 6. The molecule has 1 unspecified atom stereocenters. The van der Waals surface area contributed by atoms with E-state index in [0.29, 0.717) is 29.1 Å². The van der Waals surface area contributed by atoms with Gasteiger partial charge in [0.2, 0.25) is 5.89 Å². The van der Waals surface area contributed by atoms with Gasteiger partial charge < -0.3 is 19.6 Å². The van der Waals surface area contributed by atoms with Gasteiger partial charge in [-0.2, -0.15) is 0 Å². The third-order valence-corrected chi connectivity index (χ3v) is 3.23. The molecule has 1 aromatic heterocycles. The predicted octanol–water partition coefficient (Wildman–Crippen LogP) is 3.40. The Morgan fingerprint density at radius 3 is 2.52 bits per heavy atom. The summed E-state index contributed by atoms with van der Waals surface area (Å²) in [6.45, 7) is 4.25. The lowest BCUT2D eigenvalue weighted by molar-refractivity contribution is 0.355. The van der Waals surface area contributed by atoms with Crippen molar-refractivity contribution in [1.29, 1.82) is 0 Å². The number of aromatic nitrogens is 1. The Bertz CT molecular complexity index is 593. The van der Waals surface area contributed by atoms with Crippen LogP contribution in [0.25, 0.3) is 11.3 Å². The number of hydrogen-bond acceptors (Lipinski definition) is 5. The minimum absolute atomic E-state index is 0.182. The van der Waals surface area contributed by atoms with Gasteiger partial charge in [-0.05, 0) is 30.5 Å². The number of hydrogen-bond donors (Lipinski definition) is 1. The van der Waals surface area contributed by atoms with Crippen molar-refractivity contribution >= 4 is 0 Å². The third kappa shape index (κ3) is 3.55. The molecule has 0 aliphatic heterocycles. The molecule has 2 rings (SSSR count). The van der Waals surface area contributed by atoms with Gasteiger partial charge in [0.25, 0.3) is 0 Å². The van der Waals surface area contributed by atoms with Crippen LogP contribution < -0.4 is 15.2 Å². The van der Waals surface area contributed by atoms with Crippen molar-refractivity contribution in [2.75, 3.05) is 14.2 Å². The number of methoxy groups -OCH3 is 2. The van der Waals surface area contributed by atoms with Crippen LogP contribution in [0.5, 0.6) is 11.5 Å². The summed E-state index contributed by atoms with van der Waals surface area (Å²) in [5.74, 6) is 3.06. The average Bonchev–Trinajstić information content (AvgIpc) is 2.95. The first kappa shape index (κ1) is 15.4. The molecule has 1 aromatic carbocycles. The Kier molecular flexibility index (Phi) is 4.85. The van der Waals surface area contributed by atoms with Crippen molar-refractivity contribution in [2.24, 2.45) is 11.7 Å². The maximum atomic E-state index is 6.09. The van der Waals surface area contributed by atoms with Crippen LogP contribution in [0.15, 0.2) is 28.8 Å². The second-order valence-corrected chi connectivity index (χ2v) is 5.37. The van der Waals surface area contributed by atoms with Crippen LogP contribution in [-0.2, 0) is 0 Å². The van der Waals surface area contributed by atoms with Gasteiger partial charge in [0.15, 0.2) is 17.3 Å². The van der Waals surface area contributed by atoms with Crippen LogP contribution in [0.4, 0.5) is 0 Å². The predicted molar refractivity (Wildman–Crippen MR) is 81.4 cm³/mol. The highest BCUT2D eigenvalue weighted by Gasteiger charge is 2.16. The molecular weight excluding hydrogens is 268 g/mol. The summed E-state index contributed by atoms with van der Waals surface area (Å²) in [4.78, 5) is 4.28. The molecule has 0 spiro atoms. The lowest BCUT2D eigenvalue weighted by atomic mass is 10.0. The Balaban J connectivity index is 2.25. The minimum atomic E-state index is -0.182. The monoisotopic (exact) mass is 290 g/mol. The van der Waals surface area contributed by atoms with E-state index in [4.69, 9.17) is 19.6 Å². The fourth-order valence-electron chi connectivity index (χ4n) is 2.19. The number of oxazole rings is 1. The van der Waals surface area contributed by atoms with Gasteiger partial charge in [0, 0.05) is 5.56 Å². The van der Waals surface area contributed by atoms with E-state index in [-0.39, 0.29) is 6.04 Å². The van der Waals surface area contributed by atoms with Crippen LogP contribution in [0.1, 0.15) is 32.2 Å². The lowest BCUT2D eigenvalue weighted by Gasteiger charge is -2.10. The fourth-order valence-corrected chi connectivity index (χ4v) is 2.19. The van der Waals surface area contributed by atoms with Gasteiger partial charge in [-0.1, -0.05) is 13.8 Å². The molecule has 5 heteroatoms. The van der Waals surface area contributed by atoms with Gasteiger partial charge in [-0.15, -0.1) is 0 Å². The van der Waals surface area contributed by atoms with Crippen LogP contribution in [0, 0.1) is 5.92 Å². The minimum Gasteiger partial charge on any atom is -0.493 e. The fraction of sp³-hybridized carbons (Fsp3) is 0.438. The van der Waals surface area contributed by atoms with E-state index < -0.39 is 0 Å². The van der Waals surface area contributed by atoms with E-state index in [1.165, 1.54) is 0 Å². The molecular formula is C16H22N2O3. The normalized spacial score (nSPS) is 12.5. The molecule has 1 heterocycles. The van der Waals surface area contributed by atoms with E-state index in [0.717, 1.165) is 12.0 Å². The molecule has 0 radical (unpaired) electrons. The summed E-state index contributed by atoms with van der Waals surface area (Å²) in [7, 11) is 3.21. The SMILES string of the molecule is COc1ccc(-c2cnc(C(N)CC(C)C)o2)cc1OC. The van der Waals surface area contributed by atoms with Gasteiger partial charge >= 0.3 is 0 Å². The van der Waals surface area contributed by atoms with E-state index in [1.54, 1.807) is 20.4 Å². The quantitative estimate of drug-likeness (QED) is 0.882. The summed E-state index contributed by atoms with van der Waals surface area (Å²) in [5.41, 5.74) is 6.97. The molecule has 21 heavy (non-hydrogen) atoms. The highest BCUT2D eigenvalue weighted by molar-refractivity contribution is 5.62. The highest BCUT2D eigenvalue weighted by Crippen LogP contribution is 2.33. The summed E-state index contributed by atoms with van der Waals surface area (Å²) in [5, 5.41) is 0. The van der Waals surface area contributed by atoms with Gasteiger partial charge in [-0.3, -0.25) is 0 Å². The van der Waals surface area contributed by atoms with Crippen molar-refractivity contribution in [3.8, 4) is 22.8 Å². The molecule has 0 bridgehead atoms. The second kappa shape index (κ2) is 6.63. The van der Waals surface area contributed by atoms with E-state index >= 15 is 0 Å². The summed E-state index contributed by atoms with van der Waals surface area (Å²) in [6, 6.07) is 5.42. The van der Waals surface area contributed by atoms with E-state index in [2.05, 4.69) is 18.8 Å². The molecule has 1 atom stereocenters. The Morgan fingerprint density at radius 2 is 1.90 bits per heavy atom. The topological polar surface area (TPSA) is 70.5 Å². The van der Waals surface area contributed by atoms with E-state index in [1.807, 2.05) is 18.2 Å². The molecule has 2 aromatic rings. The van der Waals surface area contributed by atoms with Crippen molar-refractivity contribution < 1.29 is 13.9 Å².